The van der Waals surface area contributed by atoms with E-state index in [9.17, 15) is 0 Å². The van der Waals surface area contributed by atoms with Crippen molar-refractivity contribution in [3.05, 3.63) is 0 Å². The first-order valence-electron chi connectivity index (χ1n) is 5.80. The lowest BCUT2D eigenvalue weighted by Gasteiger charge is -2.34. The lowest BCUT2D eigenvalue weighted by molar-refractivity contribution is 0.251. The summed E-state index contributed by atoms with van der Waals surface area (Å²) < 4.78 is 0. The van der Waals surface area contributed by atoms with Crippen LogP contribution in [0.4, 0.5) is 0 Å². The number of piperidine rings is 1. The van der Waals surface area contributed by atoms with Crippen molar-refractivity contribution in [3.63, 3.8) is 0 Å². The summed E-state index contributed by atoms with van der Waals surface area (Å²) in [5.41, 5.74) is 0. The third-order valence-electron chi connectivity index (χ3n) is 2.91. The molecule has 0 aliphatic carbocycles. The van der Waals surface area contributed by atoms with Crippen LogP contribution in [-0.2, 0) is 0 Å². The third kappa shape index (κ3) is 3.45. The molecule has 0 radical (unpaired) electrons. The molecule has 0 saturated carbocycles. The number of nitrogens with zero attached hydrogens (tertiary/aromatic N) is 1. The maximum absolute atomic E-state index is 5.36. The Balaban J connectivity index is 2.31. The SMILES string of the molecule is CCCNC(=S)N1CCCC(CC)C1. The zero-order valence-corrected chi connectivity index (χ0v) is 10.2. The maximum Gasteiger partial charge on any atom is 0.168 e. The molecule has 0 aromatic rings. The van der Waals surface area contributed by atoms with E-state index < -0.39 is 0 Å². The Bertz CT molecular complexity index is 182. The van der Waals surface area contributed by atoms with E-state index in [0.717, 1.165) is 37.1 Å². The first kappa shape index (κ1) is 11.8. The van der Waals surface area contributed by atoms with E-state index in [-0.39, 0.29) is 0 Å². The fraction of sp³-hybridized carbons (Fsp3) is 0.909. The second-order valence-electron chi connectivity index (χ2n) is 4.09. The molecule has 0 amide bonds. The highest BCUT2D eigenvalue weighted by atomic mass is 32.1. The van der Waals surface area contributed by atoms with Gasteiger partial charge in [-0.05, 0) is 37.4 Å². The molecule has 1 fully saturated rings. The minimum atomic E-state index is 0.852. The second kappa shape index (κ2) is 6.23. The monoisotopic (exact) mass is 214 g/mol. The van der Waals surface area contributed by atoms with Gasteiger partial charge < -0.3 is 10.2 Å². The highest BCUT2D eigenvalue weighted by Gasteiger charge is 2.19. The quantitative estimate of drug-likeness (QED) is 0.726. The van der Waals surface area contributed by atoms with E-state index in [2.05, 4.69) is 24.1 Å². The van der Waals surface area contributed by atoms with Crippen LogP contribution in [0, 0.1) is 5.92 Å². The van der Waals surface area contributed by atoms with E-state index >= 15 is 0 Å². The minimum Gasteiger partial charge on any atom is -0.363 e. The zero-order valence-electron chi connectivity index (χ0n) is 9.38. The molecule has 1 saturated heterocycles. The molecular weight excluding hydrogens is 192 g/mol. The van der Waals surface area contributed by atoms with Gasteiger partial charge in [-0.2, -0.15) is 0 Å². The number of thiocarbonyl (C=S) groups is 1. The molecule has 1 N–H and O–H groups in total. The van der Waals surface area contributed by atoms with Gasteiger partial charge in [-0.3, -0.25) is 0 Å². The largest absolute Gasteiger partial charge is 0.363 e. The number of nitrogens with one attached hydrogen (secondary N) is 1. The summed E-state index contributed by atoms with van der Waals surface area (Å²) in [4.78, 5) is 2.34. The number of likely N-dealkylation sites (tertiary alicyclic amines) is 1. The Kier molecular flexibility index (Phi) is 5.23. The molecule has 1 aliphatic heterocycles. The number of hydrogen-bond acceptors (Lipinski definition) is 1. The first-order chi connectivity index (χ1) is 6.77. The maximum atomic E-state index is 5.36. The molecule has 0 bridgehead atoms. The van der Waals surface area contributed by atoms with Crippen molar-refractivity contribution in [1.82, 2.24) is 10.2 Å². The molecule has 0 aromatic carbocycles. The number of hydrogen-bond donors (Lipinski definition) is 1. The average molecular weight is 214 g/mol. The van der Waals surface area contributed by atoms with Gasteiger partial charge >= 0.3 is 0 Å². The average Bonchev–Trinajstić information content (AvgIpc) is 2.26. The molecular formula is C11H22N2S. The summed E-state index contributed by atoms with van der Waals surface area (Å²) in [5, 5.41) is 4.27. The van der Waals surface area contributed by atoms with Crippen molar-refractivity contribution in [1.29, 1.82) is 0 Å². The van der Waals surface area contributed by atoms with Crippen molar-refractivity contribution >= 4 is 17.3 Å². The fourth-order valence-corrected chi connectivity index (χ4v) is 2.19. The van der Waals surface area contributed by atoms with Gasteiger partial charge in [0.25, 0.3) is 0 Å². The second-order valence-corrected chi connectivity index (χ2v) is 4.48. The lowest BCUT2D eigenvalue weighted by atomic mass is 9.96. The van der Waals surface area contributed by atoms with Gasteiger partial charge in [0.1, 0.15) is 0 Å². The molecule has 1 atom stereocenters. The molecule has 1 heterocycles. The van der Waals surface area contributed by atoms with Crippen LogP contribution in [0.25, 0.3) is 0 Å². The van der Waals surface area contributed by atoms with E-state index in [1.165, 1.54) is 19.3 Å². The normalized spacial score (nSPS) is 22.1. The van der Waals surface area contributed by atoms with Crippen LogP contribution in [0.1, 0.15) is 39.5 Å². The lowest BCUT2D eigenvalue weighted by Crippen LogP contribution is -2.45. The van der Waals surface area contributed by atoms with E-state index in [1.54, 1.807) is 0 Å². The summed E-state index contributed by atoms with van der Waals surface area (Å²) in [6.07, 6.45) is 5.11. The van der Waals surface area contributed by atoms with E-state index in [1.807, 2.05) is 0 Å². The highest BCUT2D eigenvalue weighted by Crippen LogP contribution is 2.18. The van der Waals surface area contributed by atoms with Gasteiger partial charge in [0, 0.05) is 19.6 Å². The zero-order chi connectivity index (χ0) is 10.4. The van der Waals surface area contributed by atoms with Crippen LogP contribution in [0.5, 0.6) is 0 Å². The Morgan fingerprint density at radius 3 is 2.93 bits per heavy atom. The Morgan fingerprint density at radius 2 is 2.29 bits per heavy atom. The molecule has 14 heavy (non-hydrogen) atoms. The van der Waals surface area contributed by atoms with Crippen LogP contribution < -0.4 is 5.32 Å². The molecule has 1 rings (SSSR count). The predicted octanol–water partition coefficient (Wildman–Crippen LogP) is 2.39. The van der Waals surface area contributed by atoms with Gasteiger partial charge in [-0.15, -0.1) is 0 Å². The molecule has 3 heteroatoms. The van der Waals surface area contributed by atoms with Crippen molar-refractivity contribution in [2.24, 2.45) is 5.92 Å². The Hall–Kier alpha value is -0.310. The van der Waals surface area contributed by atoms with Gasteiger partial charge in [0.05, 0.1) is 0 Å². The van der Waals surface area contributed by atoms with Crippen molar-refractivity contribution in [2.45, 2.75) is 39.5 Å². The van der Waals surface area contributed by atoms with Crippen LogP contribution in [0.3, 0.4) is 0 Å². The number of rotatable bonds is 3. The van der Waals surface area contributed by atoms with Gasteiger partial charge in [-0.1, -0.05) is 20.3 Å². The molecule has 1 aliphatic rings. The van der Waals surface area contributed by atoms with Crippen molar-refractivity contribution < 1.29 is 0 Å². The summed E-state index contributed by atoms with van der Waals surface area (Å²) in [7, 11) is 0. The molecule has 1 unspecified atom stereocenters. The van der Waals surface area contributed by atoms with E-state index in [4.69, 9.17) is 12.2 Å². The van der Waals surface area contributed by atoms with Crippen LogP contribution in [0.2, 0.25) is 0 Å². The van der Waals surface area contributed by atoms with Gasteiger partial charge in [-0.25, -0.2) is 0 Å². The molecule has 82 valence electrons. The van der Waals surface area contributed by atoms with Crippen LogP contribution in [0.15, 0.2) is 0 Å². The van der Waals surface area contributed by atoms with Gasteiger partial charge in [0.15, 0.2) is 5.11 Å². The van der Waals surface area contributed by atoms with Crippen molar-refractivity contribution in [3.8, 4) is 0 Å². The standard InChI is InChI=1S/C11H22N2S/c1-3-7-12-11(14)13-8-5-6-10(4-2)9-13/h10H,3-9H2,1-2H3,(H,12,14). The fourth-order valence-electron chi connectivity index (χ4n) is 1.93. The van der Waals surface area contributed by atoms with Crippen molar-refractivity contribution in [2.75, 3.05) is 19.6 Å². The predicted molar refractivity (Wildman–Crippen MR) is 65.5 cm³/mol. The summed E-state index contributed by atoms with van der Waals surface area (Å²) in [6, 6.07) is 0. The summed E-state index contributed by atoms with van der Waals surface area (Å²) >= 11 is 5.36. The smallest absolute Gasteiger partial charge is 0.168 e. The highest BCUT2D eigenvalue weighted by molar-refractivity contribution is 7.80. The Morgan fingerprint density at radius 1 is 1.50 bits per heavy atom. The summed E-state index contributed by atoms with van der Waals surface area (Å²) in [5.74, 6) is 0.852. The third-order valence-corrected chi connectivity index (χ3v) is 3.31. The first-order valence-corrected chi connectivity index (χ1v) is 6.21. The van der Waals surface area contributed by atoms with Gasteiger partial charge in [0.2, 0.25) is 0 Å². The topological polar surface area (TPSA) is 15.3 Å². The van der Waals surface area contributed by atoms with Crippen LogP contribution in [-0.4, -0.2) is 29.6 Å². The minimum absolute atomic E-state index is 0.852. The van der Waals surface area contributed by atoms with Crippen LogP contribution >= 0.6 is 12.2 Å². The summed E-state index contributed by atoms with van der Waals surface area (Å²) in [6.45, 7) is 7.75. The Labute approximate surface area is 93.1 Å². The molecule has 0 spiro atoms. The van der Waals surface area contributed by atoms with E-state index in [0.29, 0.717) is 0 Å². The molecule has 2 nitrogen and oxygen atoms in total. The molecule has 0 aromatic heterocycles.